The minimum atomic E-state index is -0.598. The van der Waals surface area contributed by atoms with Crippen molar-refractivity contribution in [2.24, 2.45) is 0 Å². The van der Waals surface area contributed by atoms with Crippen molar-refractivity contribution in [3.05, 3.63) is 29.6 Å². The zero-order valence-corrected chi connectivity index (χ0v) is 9.32. The van der Waals surface area contributed by atoms with E-state index < -0.39 is 5.60 Å². The van der Waals surface area contributed by atoms with Gasteiger partial charge < -0.3 is 5.11 Å². The minimum absolute atomic E-state index is 0.572. The van der Waals surface area contributed by atoms with Crippen LogP contribution in [0.25, 0.3) is 0 Å². The van der Waals surface area contributed by atoms with Crippen LogP contribution in [0.1, 0.15) is 43.4 Å². The van der Waals surface area contributed by atoms with E-state index in [0.717, 1.165) is 31.4 Å². The SMILES string of the molecule is N#Cc1ccnc(CC2(O)CCCCC2)c1. The normalized spacial score (nSPS) is 19.0. The van der Waals surface area contributed by atoms with E-state index in [2.05, 4.69) is 11.1 Å². The van der Waals surface area contributed by atoms with E-state index in [-0.39, 0.29) is 0 Å². The van der Waals surface area contributed by atoms with Gasteiger partial charge in [0, 0.05) is 18.3 Å². The fourth-order valence-corrected chi connectivity index (χ4v) is 2.37. The highest BCUT2D eigenvalue weighted by molar-refractivity contribution is 5.29. The lowest BCUT2D eigenvalue weighted by molar-refractivity contribution is 0.00367. The van der Waals surface area contributed by atoms with Gasteiger partial charge >= 0.3 is 0 Å². The molecule has 3 heteroatoms. The molecule has 1 fully saturated rings. The Labute approximate surface area is 95.8 Å². The predicted molar refractivity (Wildman–Crippen MR) is 60.7 cm³/mol. The van der Waals surface area contributed by atoms with Gasteiger partial charge in [0.1, 0.15) is 0 Å². The molecule has 0 unspecified atom stereocenters. The molecule has 84 valence electrons. The van der Waals surface area contributed by atoms with Gasteiger partial charge in [-0.15, -0.1) is 0 Å². The molecule has 1 aliphatic rings. The average molecular weight is 216 g/mol. The van der Waals surface area contributed by atoms with E-state index in [0.29, 0.717) is 12.0 Å². The summed E-state index contributed by atoms with van der Waals surface area (Å²) in [5.41, 5.74) is 0.840. The second-order valence-electron chi connectivity index (χ2n) is 4.61. The predicted octanol–water partition coefficient (Wildman–Crippen LogP) is 2.19. The molecule has 0 aromatic carbocycles. The Hall–Kier alpha value is -1.40. The van der Waals surface area contributed by atoms with E-state index in [9.17, 15) is 5.11 Å². The highest BCUT2D eigenvalue weighted by atomic mass is 16.3. The van der Waals surface area contributed by atoms with Crippen LogP contribution in [0.4, 0.5) is 0 Å². The Morgan fingerprint density at radius 2 is 2.12 bits per heavy atom. The second-order valence-corrected chi connectivity index (χ2v) is 4.61. The molecule has 1 saturated carbocycles. The topological polar surface area (TPSA) is 56.9 Å². The molecular weight excluding hydrogens is 200 g/mol. The third-order valence-electron chi connectivity index (χ3n) is 3.24. The highest BCUT2D eigenvalue weighted by Gasteiger charge is 2.29. The van der Waals surface area contributed by atoms with Crippen molar-refractivity contribution < 1.29 is 5.11 Å². The first-order valence-electron chi connectivity index (χ1n) is 5.79. The lowest BCUT2D eigenvalue weighted by Crippen LogP contribution is -2.34. The summed E-state index contributed by atoms with van der Waals surface area (Å²) in [6.07, 6.45) is 7.32. The fourth-order valence-electron chi connectivity index (χ4n) is 2.37. The van der Waals surface area contributed by atoms with Gasteiger partial charge in [-0.2, -0.15) is 5.26 Å². The maximum absolute atomic E-state index is 10.4. The summed E-state index contributed by atoms with van der Waals surface area (Å²) in [6.45, 7) is 0. The molecule has 2 rings (SSSR count). The third-order valence-corrected chi connectivity index (χ3v) is 3.24. The summed E-state index contributed by atoms with van der Waals surface area (Å²) in [6, 6.07) is 5.55. The zero-order valence-electron chi connectivity index (χ0n) is 9.32. The van der Waals surface area contributed by atoms with E-state index in [4.69, 9.17) is 5.26 Å². The molecule has 16 heavy (non-hydrogen) atoms. The standard InChI is InChI=1S/C13H16N2O/c14-10-11-4-7-15-12(8-11)9-13(16)5-2-1-3-6-13/h4,7-8,16H,1-3,5-6,9H2. The lowest BCUT2D eigenvalue weighted by atomic mass is 9.81. The number of pyridine rings is 1. The number of rotatable bonds is 2. The van der Waals surface area contributed by atoms with Gasteiger partial charge in [0.05, 0.1) is 17.2 Å². The number of aromatic nitrogens is 1. The molecule has 0 spiro atoms. The van der Waals surface area contributed by atoms with Gasteiger partial charge in [0.15, 0.2) is 0 Å². The van der Waals surface area contributed by atoms with Crippen LogP contribution in [0, 0.1) is 11.3 Å². The molecule has 1 aromatic rings. The third kappa shape index (κ3) is 2.59. The molecule has 0 aliphatic heterocycles. The van der Waals surface area contributed by atoms with E-state index in [1.54, 1.807) is 18.3 Å². The molecule has 0 amide bonds. The summed E-state index contributed by atoms with van der Waals surface area (Å²) in [4.78, 5) is 4.22. The van der Waals surface area contributed by atoms with Gasteiger partial charge in [0.2, 0.25) is 0 Å². The quantitative estimate of drug-likeness (QED) is 0.824. The van der Waals surface area contributed by atoms with Gasteiger partial charge in [-0.1, -0.05) is 19.3 Å². The van der Waals surface area contributed by atoms with Crippen molar-refractivity contribution in [2.45, 2.75) is 44.1 Å². The molecule has 0 saturated heterocycles. The van der Waals surface area contributed by atoms with E-state index in [1.165, 1.54) is 6.42 Å². The number of hydrogen-bond donors (Lipinski definition) is 1. The van der Waals surface area contributed by atoms with Crippen LogP contribution in [0.15, 0.2) is 18.3 Å². The Morgan fingerprint density at radius 1 is 1.38 bits per heavy atom. The van der Waals surface area contributed by atoms with Crippen LogP contribution in [0.5, 0.6) is 0 Å². The maximum Gasteiger partial charge on any atom is 0.0992 e. The van der Waals surface area contributed by atoms with Gasteiger partial charge in [-0.25, -0.2) is 0 Å². The molecule has 1 aliphatic carbocycles. The molecule has 1 heterocycles. The zero-order chi connectivity index (χ0) is 11.4. The number of aliphatic hydroxyl groups is 1. The van der Waals surface area contributed by atoms with Crippen molar-refractivity contribution >= 4 is 0 Å². The molecule has 0 atom stereocenters. The van der Waals surface area contributed by atoms with Gasteiger partial charge in [-0.05, 0) is 25.0 Å². The van der Waals surface area contributed by atoms with Crippen LogP contribution >= 0.6 is 0 Å². The fraction of sp³-hybridized carbons (Fsp3) is 0.538. The van der Waals surface area contributed by atoms with Crippen molar-refractivity contribution in [3.63, 3.8) is 0 Å². The molecule has 1 N–H and O–H groups in total. The van der Waals surface area contributed by atoms with Crippen molar-refractivity contribution in [3.8, 4) is 6.07 Å². The smallest absolute Gasteiger partial charge is 0.0992 e. The van der Waals surface area contributed by atoms with Crippen LogP contribution in [-0.2, 0) is 6.42 Å². The first kappa shape index (κ1) is 11.1. The Balaban J connectivity index is 2.10. The van der Waals surface area contributed by atoms with Crippen molar-refractivity contribution in [2.75, 3.05) is 0 Å². The Bertz CT molecular complexity index is 403. The molecule has 3 nitrogen and oxygen atoms in total. The van der Waals surface area contributed by atoms with Crippen molar-refractivity contribution in [1.82, 2.24) is 4.98 Å². The van der Waals surface area contributed by atoms with Gasteiger partial charge in [0.25, 0.3) is 0 Å². The van der Waals surface area contributed by atoms with Gasteiger partial charge in [-0.3, -0.25) is 4.98 Å². The summed E-state index contributed by atoms with van der Waals surface area (Å²) >= 11 is 0. The van der Waals surface area contributed by atoms with E-state index >= 15 is 0 Å². The summed E-state index contributed by atoms with van der Waals surface area (Å²) in [7, 11) is 0. The number of hydrogen-bond acceptors (Lipinski definition) is 3. The second kappa shape index (κ2) is 4.63. The Morgan fingerprint density at radius 3 is 2.81 bits per heavy atom. The molecule has 1 aromatic heterocycles. The number of nitriles is 1. The summed E-state index contributed by atoms with van der Waals surface area (Å²) in [5.74, 6) is 0. The lowest BCUT2D eigenvalue weighted by Gasteiger charge is -2.31. The van der Waals surface area contributed by atoms with Crippen LogP contribution in [0.3, 0.4) is 0 Å². The van der Waals surface area contributed by atoms with Crippen LogP contribution < -0.4 is 0 Å². The average Bonchev–Trinajstić information content (AvgIpc) is 2.29. The van der Waals surface area contributed by atoms with E-state index in [1.807, 2.05) is 0 Å². The van der Waals surface area contributed by atoms with Crippen LogP contribution in [-0.4, -0.2) is 15.7 Å². The van der Waals surface area contributed by atoms with Crippen molar-refractivity contribution in [1.29, 1.82) is 5.26 Å². The molecular formula is C13H16N2O. The van der Waals surface area contributed by atoms with Crippen LogP contribution in [0.2, 0.25) is 0 Å². The first-order valence-corrected chi connectivity index (χ1v) is 5.79. The first-order chi connectivity index (χ1) is 7.72. The maximum atomic E-state index is 10.4. The number of nitrogens with zero attached hydrogens (tertiary/aromatic N) is 2. The summed E-state index contributed by atoms with van der Waals surface area (Å²) < 4.78 is 0. The Kier molecular flexibility index (Phi) is 3.21. The molecule has 0 bridgehead atoms. The highest BCUT2D eigenvalue weighted by Crippen LogP contribution is 2.30. The molecule has 0 radical (unpaired) electrons. The largest absolute Gasteiger partial charge is 0.389 e. The minimum Gasteiger partial charge on any atom is -0.389 e. The summed E-state index contributed by atoms with van der Waals surface area (Å²) in [5, 5.41) is 19.2. The monoisotopic (exact) mass is 216 g/mol.